The number of rotatable bonds is 3. The standard InChI is InChI=1S/C10H17NO2/c1-7-4-8(6-11-2)5-9(12)10(7)13-3/h4,9,11-12H,5-6H2,1-3H3. The van der Waals surface area contributed by atoms with E-state index in [0.29, 0.717) is 12.2 Å². The summed E-state index contributed by atoms with van der Waals surface area (Å²) >= 11 is 0. The van der Waals surface area contributed by atoms with Gasteiger partial charge in [0.25, 0.3) is 0 Å². The van der Waals surface area contributed by atoms with Gasteiger partial charge in [-0.3, -0.25) is 0 Å². The van der Waals surface area contributed by atoms with E-state index in [1.165, 1.54) is 5.57 Å². The summed E-state index contributed by atoms with van der Waals surface area (Å²) in [5.74, 6) is 0.694. The van der Waals surface area contributed by atoms with E-state index in [4.69, 9.17) is 4.74 Å². The molecule has 74 valence electrons. The highest BCUT2D eigenvalue weighted by Gasteiger charge is 2.20. The van der Waals surface area contributed by atoms with Gasteiger partial charge >= 0.3 is 0 Å². The molecule has 0 radical (unpaired) electrons. The lowest BCUT2D eigenvalue weighted by Crippen LogP contribution is -2.22. The molecule has 1 atom stereocenters. The first kappa shape index (κ1) is 10.3. The lowest BCUT2D eigenvalue weighted by Gasteiger charge is -2.22. The van der Waals surface area contributed by atoms with E-state index in [-0.39, 0.29) is 0 Å². The maximum atomic E-state index is 9.68. The molecule has 0 saturated heterocycles. The molecule has 1 aliphatic carbocycles. The number of likely N-dealkylation sites (N-methyl/N-ethyl adjacent to an activating group) is 1. The number of ether oxygens (including phenoxy) is 1. The van der Waals surface area contributed by atoms with Crippen LogP contribution in [-0.4, -0.2) is 31.9 Å². The van der Waals surface area contributed by atoms with Crippen molar-refractivity contribution < 1.29 is 9.84 Å². The molecule has 0 spiro atoms. The summed E-state index contributed by atoms with van der Waals surface area (Å²) in [7, 11) is 3.50. The normalized spacial score (nSPS) is 23.1. The number of allylic oxidation sites excluding steroid dienone is 2. The lowest BCUT2D eigenvalue weighted by molar-refractivity contribution is 0.123. The molecule has 3 nitrogen and oxygen atoms in total. The molecule has 0 amide bonds. The monoisotopic (exact) mass is 183 g/mol. The van der Waals surface area contributed by atoms with E-state index in [1.807, 2.05) is 14.0 Å². The van der Waals surface area contributed by atoms with Crippen molar-refractivity contribution in [3.8, 4) is 0 Å². The summed E-state index contributed by atoms with van der Waals surface area (Å²) in [6.07, 6.45) is 2.27. The molecule has 0 aromatic heterocycles. The molecule has 1 aliphatic rings. The van der Waals surface area contributed by atoms with Crippen LogP contribution in [0.5, 0.6) is 0 Å². The number of hydrogen-bond donors (Lipinski definition) is 2. The van der Waals surface area contributed by atoms with Crippen molar-refractivity contribution >= 4 is 0 Å². The molecule has 0 bridgehead atoms. The summed E-state index contributed by atoms with van der Waals surface area (Å²) in [6.45, 7) is 2.78. The SMILES string of the molecule is CNCC1=CC(C)=C(OC)C(O)C1. The van der Waals surface area contributed by atoms with Crippen molar-refractivity contribution in [2.75, 3.05) is 20.7 Å². The summed E-state index contributed by atoms with van der Waals surface area (Å²) in [5.41, 5.74) is 2.24. The Labute approximate surface area is 79.1 Å². The zero-order chi connectivity index (χ0) is 9.84. The summed E-state index contributed by atoms with van der Waals surface area (Å²) in [6, 6.07) is 0. The Kier molecular flexibility index (Phi) is 3.51. The van der Waals surface area contributed by atoms with Crippen LogP contribution in [-0.2, 0) is 4.74 Å². The predicted molar refractivity (Wildman–Crippen MR) is 52.3 cm³/mol. The fourth-order valence-electron chi connectivity index (χ4n) is 1.69. The minimum Gasteiger partial charge on any atom is -0.498 e. The van der Waals surface area contributed by atoms with E-state index < -0.39 is 6.10 Å². The van der Waals surface area contributed by atoms with Crippen LogP contribution in [0.1, 0.15) is 13.3 Å². The van der Waals surface area contributed by atoms with Crippen molar-refractivity contribution in [3.05, 3.63) is 23.0 Å². The lowest BCUT2D eigenvalue weighted by atomic mass is 9.96. The van der Waals surface area contributed by atoms with Crippen LogP contribution in [0.4, 0.5) is 0 Å². The molecule has 0 heterocycles. The molecule has 1 rings (SSSR count). The van der Waals surface area contributed by atoms with Gasteiger partial charge in [-0.15, -0.1) is 0 Å². The average molecular weight is 183 g/mol. The van der Waals surface area contributed by atoms with Crippen LogP contribution in [0.25, 0.3) is 0 Å². The van der Waals surface area contributed by atoms with Gasteiger partial charge in [0.05, 0.1) is 7.11 Å². The quantitative estimate of drug-likeness (QED) is 0.680. The molecule has 0 fully saturated rings. The zero-order valence-corrected chi connectivity index (χ0v) is 8.42. The third-order valence-electron chi connectivity index (χ3n) is 2.19. The maximum Gasteiger partial charge on any atom is 0.127 e. The van der Waals surface area contributed by atoms with E-state index >= 15 is 0 Å². The van der Waals surface area contributed by atoms with Crippen LogP contribution < -0.4 is 5.32 Å². The van der Waals surface area contributed by atoms with E-state index in [0.717, 1.165) is 12.1 Å². The third kappa shape index (κ3) is 2.32. The Morgan fingerprint density at radius 3 is 2.85 bits per heavy atom. The molecule has 13 heavy (non-hydrogen) atoms. The van der Waals surface area contributed by atoms with E-state index in [2.05, 4.69) is 11.4 Å². The van der Waals surface area contributed by atoms with Gasteiger partial charge in [0.1, 0.15) is 11.9 Å². The van der Waals surface area contributed by atoms with Crippen LogP contribution in [0.3, 0.4) is 0 Å². The highest BCUT2D eigenvalue weighted by molar-refractivity contribution is 5.32. The van der Waals surface area contributed by atoms with Gasteiger partial charge in [-0.1, -0.05) is 11.6 Å². The second kappa shape index (κ2) is 4.44. The Morgan fingerprint density at radius 1 is 1.69 bits per heavy atom. The second-order valence-electron chi connectivity index (χ2n) is 3.30. The predicted octanol–water partition coefficient (Wildman–Crippen LogP) is 0.817. The van der Waals surface area contributed by atoms with Crippen molar-refractivity contribution in [2.24, 2.45) is 0 Å². The number of aliphatic hydroxyl groups is 1. The first-order valence-corrected chi connectivity index (χ1v) is 4.46. The summed E-state index contributed by atoms with van der Waals surface area (Å²) in [5, 5.41) is 12.8. The van der Waals surface area contributed by atoms with Crippen molar-refractivity contribution in [1.29, 1.82) is 0 Å². The van der Waals surface area contributed by atoms with Crippen LogP contribution in [0.2, 0.25) is 0 Å². The minimum absolute atomic E-state index is 0.474. The Balaban J connectivity index is 2.80. The Morgan fingerprint density at radius 2 is 2.38 bits per heavy atom. The smallest absolute Gasteiger partial charge is 0.127 e. The third-order valence-corrected chi connectivity index (χ3v) is 2.19. The van der Waals surface area contributed by atoms with Gasteiger partial charge in [-0.2, -0.15) is 0 Å². The highest BCUT2D eigenvalue weighted by Crippen LogP contribution is 2.24. The van der Waals surface area contributed by atoms with Gasteiger partial charge in [0.2, 0.25) is 0 Å². The van der Waals surface area contributed by atoms with Crippen molar-refractivity contribution in [3.63, 3.8) is 0 Å². The van der Waals surface area contributed by atoms with Gasteiger partial charge in [0, 0.05) is 13.0 Å². The molecule has 3 heteroatoms. The van der Waals surface area contributed by atoms with Crippen molar-refractivity contribution in [1.82, 2.24) is 5.32 Å². The first-order valence-electron chi connectivity index (χ1n) is 4.46. The fourth-order valence-corrected chi connectivity index (χ4v) is 1.69. The molecular weight excluding hydrogens is 166 g/mol. The summed E-state index contributed by atoms with van der Waals surface area (Å²) < 4.78 is 5.11. The van der Waals surface area contributed by atoms with Gasteiger partial charge in [-0.05, 0) is 19.5 Å². The fraction of sp³-hybridized carbons (Fsp3) is 0.600. The minimum atomic E-state index is -0.474. The van der Waals surface area contributed by atoms with E-state index in [1.54, 1.807) is 7.11 Å². The molecule has 1 unspecified atom stereocenters. The molecule has 2 N–H and O–H groups in total. The van der Waals surface area contributed by atoms with Crippen LogP contribution in [0, 0.1) is 0 Å². The average Bonchev–Trinajstić information content (AvgIpc) is 2.04. The van der Waals surface area contributed by atoms with Crippen LogP contribution >= 0.6 is 0 Å². The number of aliphatic hydroxyl groups excluding tert-OH is 1. The second-order valence-corrected chi connectivity index (χ2v) is 3.30. The molecule has 0 aliphatic heterocycles. The largest absolute Gasteiger partial charge is 0.498 e. The topological polar surface area (TPSA) is 41.5 Å². The molecular formula is C10H17NO2. The zero-order valence-electron chi connectivity index (χ0n) is 8.42. The number of methoxy groups -OCH3 is 1. The van der Waals surface area contributed by atoms with Gasteiger partial charge in [0.15, 0.2) is 0 Å². The van der Waals surface area contributed by atoms with Gasteiger partial charge < -0.3 is 15.2 Å². The molecule has 0 aromatic rings. The van der Waals surface area contributed by atoms with E-state index in [9.17, 15) is 5.11 Å². The Bertz CT molecular complexity index is 243. The number of nitrogens with one attached hydrogen (secondary N) is 1. The Hall–Kier alpha value is -0.800. The maximum absolute atomic E-state index is 9.68. The van der Waals surface area contributed by atoms with Gasteiger partial charge in [-0.25, -0.2) is 0 Å². The van der Waals surface area contributed by atoms with Crippen molar-refractivity contribution in [2.45, 2.75) is 19.4 Å². The first-order chi connectivity index (χ1) is 6.19. The molecule has 0 saturated carbocycles. The van der Waals surface area contributed by atoms with Crippen LogP contribution in [0.15, 0.2) is 23.0 Å². The molecule has 0 aromatic carbocycles. The summed E-state index contributed by atoms with van der Waals surface area (Å²) in [4.78, 5) is 0. The number of hydrogen-bond acceptors (Lipinski definition) is 3. The highest BCUT2D eigenvalue weighted by atomic mass is 16.5.